The normalized spacial score (nSPS) is 21.0. The Morgan fingerprint density at radius 2 is 1.96 bits per heavy atom. The molecular weight excluding hydrogens is 362 g/mol. The van der Waals surface area contributed by atoms with Crippen LogP contribution in [0.4, 0.5) is 0 Å². The first-order chi connectivity index (χ1) is 13.3. The zero-order valence-corrected chi connectivity index (χ0v) is 17.0. The molecule has 3 atom stereocenters. The fraction of sp³-hybridized carbons (Fsp3) is 0.632. The molecule has 2 aromatic rings. The van der Waals surface area contributed by atoms with E-state index < -0.39 is 12.1 Å². The molecule has 3 heterocycles. The van der Waals surface area contributed by atoms with E-state index in [1.54, 1.807) is 16.3 Å². The Balaban J connectivity index is 1.57. The van der Waals surface area contributed by atoms with Crippen molar-refractivity contribution in [3.05, 3.63) is 23.3 Å². The van der Waals surface area contributed by atoms with Crippen LogP contribution in [0.3, 0.4) is 0 Å². The van der Waals surface area contributed by atoms with Crippen LogP contribution in [0.1, 0.15) is 44.1 Å². The Morgan fingerprint density at radius 3 is 2.64 bits per heavy atom. The third-order valence-electron chi connectivity index (χ3n) is 4.96. The summed E-state index contributed by atoms with van der Waals surface area (Å²) in [4.78, 5) is 35.1. The van der Waals surface area contributed by atoms with E-state index in [9.17, 15) is 9.59 Å². The predicted molar refractivity (Wildman–Crippen MR) is 101 cm³/mol. The van der Waals surface area contributed by atoms with E-state index in [0.717, 1.165) is 17.0 Å². The summed E-state index contributed by atoms with van der Waals surface area (Å²) in [5, 5.41) is 4.15. The highest BCUT2D eigenvalue weighted by atomic mass is 16.5. The molecule has 1 aliphatic rings. The monoisotopic (exact) mass is 389 g/mol. The van der Waals surface area contributed by atoms with E-state index >= 15 is 0 Å². The molecule has 0 N–H and O–H groups in total. The van der Waals surface area contributed by atoms with Gasteiger partial charge in [0.05, 0.1) is 12.2 Å². The molecule has 0 radical (unpaired) electrons. The number of rotatable bonds is 5. The number of hydrogen-bond donors (Lipinski definition) is 0. The first-order valence-electron chi connectivity index (χ1n) is 9.55. The number of carbonyl (C=O) groups is 2. The van der Waals surface area contributed by atoms with E-state index in [4.69, 9.17) is 9.47 Å². The molecular formula is C19H27N5O4. The van der Waals surface area contributed by atoms with Gasteiger partial charge >= 0.3 is 5.97 Å². The van der Waals surface area contributed by atoms with E-state index in [2.05, 4.69) is 15.1 Å². The molecule has 3 unspecified atom stereocenters. The second-order valence-electron chi connectivity index (χ2n) is 7.37. The Hall–Kier alpha value is -2.55. The predicted octanol–water partition coefficient (Wildman–Crippen LogP) is 1.24. The Kier molecular flexibility index (Phi) is 5.93. The Bertz CT molecular complexity index is 871. The molecule has 1 saturated heterocycles. The van der Waals surface area contributed by atoms with Crippen molar-refractivity contribution < 1.29 is 19.1 Å². The van der Waals surface area contributed by atoms with Crippen molar-refractivity contribution in [1.82, 2.24) is 24.5 Å². The quantitative estimate of drug-likeness (QED) is 0.710. The zero-order valence-electron chi connectivity index (χ0n) is 17.0. The average molecular weight is 389 g/mol. The van der Waals surface area contributed by atoms with E-state index in [-0.39, 0.29) is 24.5 Å². The summed E-state index contributed by atoms with van der Waals surface area (Å²) >= 11 is 0. The first kappa shape index (κ1) is 20.2. The van der Waals surface area contributed by atoms with E-state index in [1.807, 2.05) is 27.7 Å². The van der Waals surface area contributed by atoms with Gasteiger partial charge < -0.3 is 14.4 Å². The number of ether oxygens (including phenoxy) is 2. The van der Waals surface area contributed by atoms with Gasteiger partial charge in [-0.3, -0.25) is 9.59 Å². The minimum atomic E-state index is -0.817. The SMILES string of the molecule is Cc1nc2ncnn2c(C)c1CCC(=O)OC(C)C(=O)N1CC(C)OC(C)C1. The maximum absolute atomic E-state index is 12.6. The molecule has 1 amide bonds. The second kappa shape index (κ2) is 8.22. The highest BCUT2D eigenvalue weighted by molar-refractivity contribution is 5.83. The van der Waals surface area contributed by atoms with Crippen LogP contribution < -0.4 is 0 Å². The number of amides is 1. The van der Waals surface area contributed by atoms with Crippen molar-refractivity contribution >= 4 is 17.7 Å². The van der Waals surface area contributed by atoms with Gasteiger partial charge in [-0.2, -0.15) is 10.1 Å². The van der Waals surface area contributed by atoms with Crippen molar-refractivity contribution in [3.8, 4) is 0 Å². The number of carbonyl (C=O) groups excluding carboxylic acids is 2. The maximum atomic E-state index is 12.6. The molecule has 0 aromatic carbocycles. The van der Waals surface area contributed by atoms with E-state index in [0.29, 0.717) is 25.3 Å². The summed E-state index contributed by atoms with van der Waals surface area (Å²) in [6.45, 7) is 10.3. The van der Waals surface area contributed by atoms with Gasteiger partial charge in [0.15, 0.2) is 6.10 Å². The molecule has 3 rings (SSSR count). The van der Waals surface area contributed by atoms with Gasteiger partial charge in [0.2, 0.25) is 0 Å². The molecule has 0 spiro atoms. The number of fused-ring (bicyclic) bond motifs is 1. The lowest BCUT2D eigenvalue weighted by atomic mass is 10.1. The summed E-state index contributed by atoms with van der Waals surface area (Å²) in [6, 6.07) is 0. The zero-order chi connectivity index (χ0) is 20.4. The molecule has 0 saturated carbocycles. The van der Waals surface area contributed by atoms with Gasteiger partial charge in [-0.15, -0.1) is 0 Å². The number of aromatic nitrogens is 4. The lowest BCUT2D eigenvalue weighted by Gasteiger charge is -2.36. The lowest BCUT2D eigenvalue weighted by Crippen LogP contribution is -2.51. The van der Waals surface area contributed by atoms with Crippen molar-refractivity contribution in [2.24, 2.45) is 0 Å². The molecule has 9 heteroatoms. The molecule has 1 fully saturated rings. The smallest absolute Gasteiger partial charge is 0.306 e. The molecule has 1 aliphatic heterocycles. The number of hydrogen-bond acceptors (Lipinski definition) is 7. The van der Waals surface area contributed by atoms with Crippen LogP contribution in [0.15, 0.2) is 6.33 Å². The van der Waals surface area contributed by atoms with Crippen LogP contribution in [0.5, 0.6) is 0 Å². The van der Waals surface area contributed by atoms with Crippen LogP contribution in [-0.2, 0) is 25.5 Å². The summed E-state index contributed by atoms with van der Waals surface area (Å²) in [6.07, 6.45) is 1.21. The molecule has 9 nitrogen and oxygen atoms in total. The average Bonchev–Trinajstić information content (AvgIpc) is 3.08. The Morgan fingerprint density at radius 1 is 1.29 bits per heavy atom. The van der Waals surface area contributed by atoms with Gasteiger partial charge in [0.25, 0.3) is 11.7 Å². The van der Waals surface area contributed by atoms with Crippen LogP contribution in [0.25, 0.3) is 5.78 Å². The highest BCUT2D eigenvalue weighted by Crippen LogP contribution is 2.16. The van der Waals surface area contributed by atoms with Gasteiger partial charge in [-0.25, -0.2) is 9.50 Å². The molecule has 28 heavy (non-hydrogen) atoms. The molecule has 0 bridgehead atoms. The maximum Gasteiger partial charge on any atom is 0.306 e. The summed E-state index contributed by atoms with van der Waals surface area (Å²) in [7, 11) is 0. The molecule has 2 aromatic heterocycles. The standard InChI is InChI=1S/C19H27N5O4/c1-11-8-23(9-12(2)27-11)18(26)15(5)28-17(25)7-6-16-13(3)22-19-20-10-21-24(19)14(16)4/h10-12,15H,6-9H2,1-5H3. The first-order valence-corrected chi connectivity index (χ1v) is 9.55. The second-order valence-corrected chi connectivity index (χ2v) is 7.37. The molecule has 0 aliphatic carbocycles. The van der Waals surface area contributed by atoms with Crippen LogP contribution in [0, 0.1) is 13.8 Å². The van der Waals surface area contributed by atoms with Crippen LogP contribution >= 0.6 is 0 Å². The van der Waals surface area contributed by atoms with Crippen LogP contribution in [-0.4, -0.2) is 67.8 Å². The summed E-state index contributed by atoms with van der Waals surface area (Å²) in [5.74, 6) is -0.0596. The van der Waals surface area contributed by atoms with Crippen molar-refractivity contribution in [3.63, 3.8) is 0 Å². The number of aryl methyl sites for hydroxylation is 2. The minimum absolute atomic E-state index is 0.0271. The van der Waals surface area contributed by atoms with E-state index in [1.165, 1.54) is 6.33 Å². The number of esters is 1. The summed E-state index contributed by atoms with van der Waals surface area (Å²) < 4.78 is 12.7. The van der Waals surface area contributed by atoms with Crippen molar-refractivity contribution in [1.29, 1.82) is 0 Å². The van der Waals surface area contributed by atoms with Gasteiger partial charge in [-0.05, 0) is 46.6 Å². The number of morpholine rings is 1. The van der Waals surface area contributed by atoms with Gasteiger partial charge in [0.1, 0.15) is 6.33 Å². The lowest BCUT2D eigenvalue weighted by molar-refractivity contribution is -0.164. The summed E-state index contributed by atoms with van der Waals surface area (Å²) in [5.41, 5.74) is 2.64. The van der Waals surface area contributed by atoms with Crippen molar-refractivity contribution in [2.75, 3.05) is 13.1 Å². The highest BCUT2D eigenvalue weighted by Gasteiger charge is 2.30. The van der Waals surface area contributed by atoms with Gasteiger partial charge in [-0.1, -0.05) is 0 Å². The fourth-order valence-corrected chi connectivity index (χ4v) is 3.67. The Labute approximate surface area is 164 Å². The molecule has 152 valence electrons. The van der Waals surface area contributed by atoms with Crippen molar-refractivity contribution in [2.45, 2.75) is 65.8 Å². The number of nitrogens with zero attached hydrogens (tertiary/aromatic N) is 5. The largest absolute Gasteiger partial charge is 0.453 e. The minimum Gasteiger partial charge on any atom is -0.453 e. The fourth-order valence-electron chi connectivity index (χ4n) is 3.67. The third kappa shape index (κ3) is 4.30. The topological polar surface area (TPSA) is 98.9 Å². The van der Waals surface area contributed by atoms with Crippen LogP contribution in [0.2, 0.25) is 0 Å². The van der Waals surface area contributed by atoms with Gasteiger partial charge in [0, 0.05) is 30.9 Å². The third-order valence-corrected chi connectivity index (χ3v) is 4.96.